The Balaban J connectivity index is 0.00000144. The van der Waals surface area contributed by atoms with Crippen molar-refractivity contribution in [3.05, 3.63) is 0 Å². The molecule has 1 aliphatic rings. The summed E-state index contributed by atoms with van der Waals surface area (Å²) in [7, 11) is 1.78. The van der Waals surface area contributed by atoms with Crippen LogP contribution in [0.15, 0.2) is 0 Å². The van der Waals surface area contributed by atoms with Crippen molar-refractivity contribution >= 4 is 12.4 Å². The first-order chi connectivity index (χ1) is 5.51. The molecule has 0 aromatic carbocycles. The Kier molecular flexibility index (Phi) is 5.22. The van der Waals surface area contributed by atoms with Crippen molar-refractivity contribution in [2.45, 2.75) is 31.9 Å². The van der Waals surface area contributed by atoms with Gasteiger partial charge in [0, 0.05) is 32.3 Å². The fraction of sp³-hybridized carbons (Fsp3) is 1.00. The minimum absolute atomic E-state index is 0. The van der Waals surface area contributed by atoms with E-state index >= 15 is 0 Å². The lowest BCUT2D eigenvalue weighted by molar-refractivity contribution is 0.105. The van der Waals surface area contributed by atoms with Gasteiger partial charge in [0.1, 0.15) is 0 Å². The van der Waals surface area contributed by atoms with Crippen molar-refractivity contribution in [1.82, 2.24) is 4.90 Å². The zero-order chi connectivity index (χ0) is 9.19. The molecule has 0 spiro atoms. The van der Waals surface area contributed by atoms with E-state index in [0.29, 0.717) is 6.10 Å². The molecule has 0 unspecified atom stereocenters. The van der Waals surface area contributed by atoms with Crippen LogP contribution in [0.3, 0.4) is 0 Å². The van der Waals surface area contributed by atoms with Crippen LogP contribution in [-0.4, -0.2) is 43.3 Å². The summed E-state index contributed by atoms with van der Waals surface area (Å²) in [5.74, 6) is 0. The Morgan fingerprint density at radius 2 is 2.15 bits per heavy atom. The monoisotopic (exact) mass is 208 g/mol. The molecule has 2 N–H and O–H groups in total. The Bertz CT molecular complexity index is 147. The lowest BCUT2D eigenvalue weighted by Crippen LogP contribution is -2.44. The zero-order valence-electron chi connectivity index (χ0n) is 8.75. The molecule has 0 aromatic heterocycles. The van der Waals surface area contributed by atoms with Gasteiger partial charge in [0.2, 0.25) is 0 Å². The summed E-state index contributed by atoms with van der Waals surface area (Å²) < 4.78 is 5.27. The summed E-state index contributed by atoms with van der Waals surface area (Å²) in [6.45, 7) is 7.25. The van der Waals surface area contributed by atoms with E-state index in [1.54, 1.807) is 7.11 Å². The van der Waals surface area contributed by atoms with Crippen LogP contribution in [0.4, 0.5) is 0 Å². The highest BCUT2D eigenvalue weighted by Gasteiger charge is 2.25. The summed E-state index contributed by atoms with van der Waals surface area (Å²) in [6.07, 6.45) is 1.57. The molecule has 3 nitrogen and oxygen atoms in total. The molecule has 1 atom stereocenters. The Morgan fingerprint density at radius 1 is 1.54 bits per heavy atom. The summed E-state index contributed by atoms with van der Waals surface area (Å²) in [5.41, 5.74) is 5.84. The van der Waals surface area contributed by atoms with Crippen molar-refractivity contribution < 1.29 is 4.74 Å². The van der Waals surface area contributed by atoms with E-state index in [4.69, 9.17) is 10.5 Å². The number of hydrogen-bond donors (Lipinski definition) is 1. The van der Waals surface area contributed by atoms with Crippen LogP contribution < -0.4 is 5.73 Å². The van der Waals surface area contributed by atoms with Crippen LogP contribution in [0.25, 0.3) is 0 Å². The van der Waals surface area contributed by atoms with Crippen LogP contribution >= 0.6 is 12.4 Å². The molecule has 13 heavy (non-hydrogen) atoms. The first-order valence-electron chi connectivity index (χ1n) is 4.55. The molecule has 0 amide bonds. The van der Waals surface area contributed by atoms with E-state index in [0.717, 1.165) is 26.1 Å². The fourth-order valence-corrected chi connectivity index (χ4v) is 1.71. The maximum absolute atomic E-state index is 5.92. The lowest BCUT2D eigenvalue weighted by Gasteiger charge is -2.25. The molecule has 0 aromatic rings. The van der Waals surface area contributed by atoms with E-state index < -0.39 is 0 Å². The van der Waals surface area contributed by atoms with Gasteiger partial charge >= 0.3 is 0 Å². The second kappa shape index (κ2) is 5.15. The Labute approximate surface area is 87.0 Å². The highest BCUT2D eigenvalue weighted by Crippen LogP contribution is 2.13. The molecule has 0 saturated carbocycles. The number of ether oxygens (including phenoxy) is 1. The van der Waals surface area contributed by atoms with Gasteiger partial charge in [0.15, 0.2) is 0 Å². The molecule has 1 saturated heterocycles. The van der Waals surface area contributed by atoms with Gasteiger partial charge in [-0.1, -0.05) is 0 Å². The number of methoxy groups -OCH3 is 1. The van der Waals surface area contributed by atoms with E-state index in [1.807, 2.05) is 0 Å². The van der Waals surface area contributed by atoms with Gasteiger partial charge in [-0.2, -0.15) is 0 Å². The van der Waals surface area contributed by atoms with Gasteiger partial charge in [-0.3, -0.25) is 4.90 Å². The number of rotatable bonds is 3. The highest BCUT2D eigenvalue weighted by atomic mass is 35.5. The Hall–Kier alpha value is 0.170. The Morgan fingerprint density at radius 3 is 2.54 bits per heavy atom. The summed E-state index contributed by atoms with van der Waals surface area (Å²) in [4.78, 5) is 2.37. The predicted molar refractivity (Wildman–Crippen MR) is 57.4 cm³/mol. The van der Waals surface area contributed by atoms with Crippen LogP contribution in [0.2, 0.25) is 0 Å². The second-order valence-corrected chi connectivity index (χ2v) is 4.37. The van der Waals surface area contributed by atoms with Crippen LogP contribution in [0.5, 0.6) is 0 Å². The number of nitrogens with two attached hydrogens (primary N) is 1. The van der Waals surface area contributed by atoms with Crippen molar-refractivity contribution in [3.8, 4) is 0 Å². The summed E-state index contributed by atoms with van der Waals surface area (Å²) in [5, 5.41) is 0. The van der Waals surface area contributed by atoms with Crippen molar-refractivity contribution in [2.75, 3.05) is 26.7 Å². The van der Waals surface area contributed by atoms with Crippen LogP contribution in [0.1, 0.15) is 20.3 Å². The maximum atomic E-state index is 5.92. The van der Waals surface area contributed by atoms with E-state index in [1.165, 1.54) is 0 Å². The van der Waals surface area contributed by atoms with E-state index in [9.17, 15) is 0 Å². The third-order valence-corrected chi connectivity index (χ3v) is 2.19. The number of halogens is 1. The molecule has 0 radical (unpaired) electrons. The molecule has 4 heteroatoms. The molecule has 1 fully saturated rings. The average molecular weight is 209 g/mol. The van der Waals surface area contributed by atoms with Crippen molar-refractivity contribution in [3.63, 3.8) is 0 Å². The molecule has 1 rings (SSSR count). The quantitative estimate of drug-likeness (QED) is 0.748. The van der Waals surface area contributed by atoms with Gasteiger partial charge in [-0.15, -0.1) is 12.4 Å². The second-order valence-electron chi connectivity index (χ2n) is 4.37. The third-order valence-electron chi connectivity index (χ3n) is 2.19. The highest BCUT2D eigenvalue weighted by molar-refractivity contribution is 5.85. The molecule has 80 valence electrons. The van der Waals surface area contributed by atoms with Crippen molar-refractivity contribution in [1.29, 1.82) is 0 Å². The fourth-order valence-electron chi connectivity index (χ4n) is 1.71. The first kappa shape index (κ1) is 13.2. The molecular weight excluding hydrogens is 188 g/mol. The number of nitrogens with zero attached hydrogens (tertiary/aromatic N) is 1. The predicted octanol–water partition coefficient (Wildman–Crippen LogP) is 0.866. The smallest absolute Gasteiger partial charge is 0.0710 e. The minimum atomic E-state index is -0.0807. The third kappa shape index (κ3) is 4.81. The van der Waals surface area contributed by atoms with Gasteiger partial charge in [0.25, 0.3) is 0 Å². The molecule has 0 aliphatic carbocycles. The summed E-state index contributed by atoms with van der Waals surface area (Å²) in [6, 6.07) is 0. The van der Waals surface area contributed by atoms with Gasteiger partial charge in [0.05, 0.1) is 6.10 Å². The minimum Gasteiger partial charge on any atom is -0.380 e. The molecule has 1 aliphatic heterocycles. The zero-order valence-corrected chi connectivity index (χ0v) is 9.56. The average Bonchev–Trinajstić information content (AvgIpc) is 2.32. The topological polar surface area (TPSA) is 38.5 Å². The maximum Gasteiger partial charge on any atom is 0.0710 e. The number of hydrogen-bond acceptors (Lipinski definition) is 3. The van der Waals surface area contributed by atoms with Gasteiger partial charge in [-0.25, -0.2) is 0 Å². The van der Waals surface area contributed by atoms with Crippen molar-refractivity contribution in [2.24, 2.45) is 5.73 Å². The van der Waals surface area contributed by atoms with Gasteiger partial charge in [-0.05, 0) is 20.3 Å². The normalized spacial score (nSPS) is 24.5. The number of likely N-dealkylation sites (tertiary alicyclic amines) is 1. The van der Waals surface area contributed by atoms with Crippen LogP contribution in [0, 0.1) is 0 Å². The summed E-state index contributed by atoms with van der Waals surface area (Å²) >= 11 is 0. The molecule has 1 heterocycles. The lowest BCUT2D eigenvalue weighted by atomic mass is 10.1. The van der Waals surface area contributed by atoms with E-state index in [-0.39, 0.29) is 17.9 Å². The standard InChI is InChI=1S/C9H20N2O.ClH/c1-9(2,10)7-11-5-4-8(6-11)12-3;/h8H,4-7,10H2,1-3H3;1H/t8-;/m1./s1. The van der Waals surface area contributed by atoms with Crippen LogP contribution in [-0.2, 0) is 4.74 Å². The SMILES string of the molecule is CO[C@@H]1CCN(CC(C)(C)N)C1.Cl. The van der Waals surface area contributed by atoms with Gasteiger partial charge < -0.3 is 10.5 Å². The molecular formula is C9H21ClN2O. The van der Waals surface area contributed by atoms with E-state index in [2.05, 4.69) is 18.7 Å². The molecule has 0 bridgehead atoms. The largest absolute Gasteiger partial charge is 0.380 e. The first-order valence-corrected chi connectivity index (χ1v) is 4.55.